The lowest BCUT2D eigenvalue weighted by Crippen LogP contribution is -2.37. The lowest BCUT2D eigenvalue weighted by molar-refractivity contribution is 0.0503. The first-order valence-electron chi connectivity index (χ1n) is 8.96. The number of para-hydroxylation sites is 1. The fourth-order valence-electron chi connectivity index (χ4n) is 3.29. The fourth-order valence-corrected chi connectivity index (χ4v) is 3.95. The summed E-state index contributed by atoms with van der Waals surface area (Å²) >= 11 is 1.62. The van der Waals surface area contributed by atoms with E-state index < -0.39 is 0 Å². The van der Waals surface area contributed by atoms with Crippen molar-refractivity contribution < 1.29 is 14.6 Å². The first kappa shape index (κ1) is 17.8. The predicted molar refractivity (Wildman–Crippen MR) is 104 cm³/mol. The Morgan fingerprint density at radius 3 is 3.00 bits per heavy atom. The number of aromatic nitrogens is 2. The Bertz CT molecular complexity index is 901. The third-order valence-corrected chi connectivity index (χ3v) is 5.41. The van der Waals surface area contributed by atoms with Gasteiger partial charge in [-0.15, -0.1) is 0 Å². The van der Waals surface area contributed by atoms with E-state index in [9.17, 15) is 9.90 Å². The number of hydrogen-bond acceptors (Lipinski definition) is 5. The molecule has 1 aromatic carbocycles. The van der Waals surface area contributed by atoms with Gasteiger partial charge in [0.1, 0.15) is 11.4 Å². The van der Waals surface area contributed by atoms with Gasteiger partial charge in [-0.3, -0.25) is 9.89 Å². The minimum absolute atomic E-state index is 0.0770. The highest BCUT2D eigenvalue weighted by Crippen LogP contribution is 2.28. The van der Waals surface area contributed by atoms with Crippen LogP contribution in [0.1, 0.15) is 28.9 Å². The number of carbonyl (C=O) groups excluding carboxylic acids is 1. The third kappa shape index (κ3) is 4.04. The Labute approximate surface area is 161 Å². The SMILES string of the molecule is O=C(c1cc(-c2ccccc2O)n[nH]1)N(Cc1ccsc1)CC1CCCO1. The Balaban J connectivity index is 1.56. The summed E-state index contributed by atoms with van der Waals surface area (Å²) < 4.78 is 5.73. The number of phenols is 1. The van der Waals surface area contributed by atoms with Gasteiger partial charge in [-0.2, -0.15) is 16.4 Å². The summed E-state index contributed by atoms with van der Waals surface area (Å²) in [6, 6.07) is 10.7. The molecule has 1 aliphatic rings. The van der Waals surface area contributed by atoms with Crippen LogP contribution < -0.4 is 0 Å². The lowest BCUT2D eigenvalue weighted by atomic mass is 10.1. The van der Waals surface area contributed by atoms with Gasteiger partial charge in [0, 0.05) is 25.3 Å². The Morgan fingerprint density at radius 1 is 1.37 bits per heavy atom. The summed E-state index contributed by atoms with van der Waals surface area (Å²) in [5, 5.41) is 21.1. The van der Waals surface area contributed by atoms with Gasteiger partial charge in [-0.05, 0) is 53.4 Å². The van der Waals surface area contributed by atoms with Crippen LogP contribution in [-0.2, 0) is 11.3 Å². The molecule has 0 bridgehead atoms. The number of phenolic OH excluding ortho intramolecular Hbond substituents is 1. The number of aromatic hydroxyl groups is 1. The van der Waals surface area contributed by atoms with Gasteiger partial charge in [0.05, 0.1) is 11.8 Å². The maximum absolute atomic E-state index is 13.1. The molecule has 6 nitrogen and oxygen atoms in total. The molecule has 2 N–H and O–H groups in total. The molecule has 1 unspecified atom stereocenters. The zero-order valence-corrected chi connectivity index (χ0v) is 15.6. The van der Waals surface area contributed by atoms with Crippen LogP contribution in [0.3, 0.4) is 0 Å². The van der Waals surface area contributed by atoms with E-state index in [1.807, 2.05) is 17.5 Å². The van der Waals surface area contributed by atoms with Crippen molar-refractivity contribution in [2.24, 2.45) is 0 Å². The number of nitrogens with one attached hydrogen (secondary N) is 1. The van der Waals surface area contributed by atoms with Gasteiger partial charge in [0.2, 0.25) is 0 Å². The molecular weight excluding hydrogens is 362 g/mol. The Kier molecular flexibility index (Phi) is 5.22. The third-order valence-electron chi connectivity index (χ3n) is 4.68. The van der Waals surface area contributed by atoms with E-state index in [-0.39, 0.29) is 17.8 Å². The van der Waals surface area contributed by atoms with Crippen LogP contribution in [0.4, 0.5) is 0 Å². The molecule has 4 rings (SSSR count). The Morgan fingerprint density at radius 2 is 2.26 bits per heavy atom. The van der Waals surface area contributed by atoms with Crippen LogP contribution in [0.25, 0.3) is 11.3 Å². The van der Waals surface area contributed by atoms with Crippen LogP contribution in [0.15, 0.2) is 47.2 Å². The van der Waals surface area contributed by atoms with Crippen LogP contribution >= 0.6 is 11.3 Å². The first-order chi connectivity index (χ1) is 13.2. The van der Waals surface area contributed by atoms with E-state index in [0.717, 1.165) is 25.0 Å². The molecule has 1 fully saturated rings. The molecule has 1 saturated heterocycles. The summed E-state index contributed by atoms with van der Waals surface area (Å²) in [4.78, 5) is 14.9. The molecule has 1 amide bonds. The molecule has 2 aromatic heterocycles. The van der Waals surface area contributed by atoms with Crippen molar-refractivity contribution in [3.05, 3.63) is 58.4 Å². The van der Waals surface area contributed by atoms with E-state index in [1.165, 1.54) is 0 Å². The summed E-state index contributed by atoms with van der Waals surface area (Å²) in [5.74, 6) is 0.0170. The van der Waals surface area contributed by atoms with Crippen molar-refractivity contribution in [1.82, 2.24) is 15.1 Å². The molecule has 0 radical (unpaired) electrons. The van der Waals surface area contributed by atoms with Crippen LogP contribution in [0.5, 0.6) is 5.75 Å². The largest absolute Gasteiger partial charge is 0.507 e. The Hall–Kier alpha value is -2.64. The highest BCUT2D eigenvalue weighted by molar-refractivity contribution is 7.07. The van der Waals surface area contributed by atoms with Gasteiger partial charge >= 0.3 is 0 Å². The van der Waals surface area contributed by atoms with E-state index in [0.29, 0.717) is 30.0 Å². The summed E-state index contributed by atoms with van der Waals surface area (Å²) in [7, 11) is 0. The van der Waals surface area contributed by atoms with Crippen molar-refractivity contribution >= 4 is 17.2 Å². The average molecular weight is 383 g/mol. The number of ether oxygens (including phenoxy) is 1. The summed E-state index contributed by atoms with van der Waals surface area (Å²) in [6.45, 7) is 1.85. The highest BCUT2D eigenvalue weighted by atomic mass is 32.1. The van der Waals surface area contributed by atoms with E-state index >= 15 is 0 Å². The molecular formula is C20H21N3O3S. The summed E-state index contributed by atoms with van der Waals surface area (Å²) in [5.41, 5.74) is 2.65. The number of hydrogen-bond donors (Lipinski definition) is 2. The second-order valence-corrected chi connectivity index (χ2v) is 7.42. The van der Waals surface area contributed by atoms with Crippen LogP contribution in [-0.4, -0.2) is 45.4 Å². The maximum Gasteiger partial charge on any atom is 0.272 e. The highest BCUT2D eigenvalue weighted by Gasteiger charge is 2.25. The number of rotatable bonds is 6. The number of carbonyl (C=O) groups is 1. The van der Waals surface area contributed by atoms with Crippen LogP contribution in [0.2, 0.25) is 0 Å². The molecule has 27 heavy (non-hydrogen) atoms. The molecule has 3 aromatic rings. The maximum atomic E-state index is 13.1. The number of aromatic amines is 1. The molecule has 1 atom stereocenters. The minimum Gasteiger partial charge on any atom is -0.507 e. The second-order valence-electron chi connectivity index (χ2n) is 6.64. The normalized spacial score (nSPS) is 16.5. The van der Waals surface area contributed by atoms with Gasteiger partial charge in [-0.25, -0.2) is 0 Å². The number of benzene rings is 1. The van der Waals surface area contributed by atoms with Gasteiger partial charge in [0.15, 0.2) is 0 Å². The van der Waals surface area contributed by atoms with Crippen molar-refractivity contribution in [2.45, 2.75) is 25.5 Å². The minimum atomic E-state index is -0.120. The van der Waals surface area contributed by atoms with Gasteiger partial charge in [0.25, 0.3) is 5.91 Å². The number of amides is 1. The zero-order valence-electron chi connectivity index (χ0n) is 14.8. The average Bonchev–Trinajstić information content (AvgIpc) is 3.44. The smallest absolute Gasteiger partial charge is 0.272 e. The van der Waals surface area contributed by atoms with Crippen molar-refractivity contribution in [3.63, 3.8) is 0 Å². The van der Waals surface area contributed by atoms with E-state index in [2.05, 4.69) is 15.6 Å². The predicted octanol–water partition coefficient (Wildman–Crippen LogP) is 3.67. The molecule has 0 spiro atoms. The molecule has 0 aliphatic carbocycles. The molecule has 3 heterocycles. The topological polar surface area (TPSA) is 78.4 Å². The summed E-state index contributed by atoms with van der Waals surface area (Å²) in [6.07, 6.45) is 2.08. The van der Waals surface area contributed by atoms with Crippen molar-refractivity contribution in [2.75, 3.05) is 13.2 Å². The standard InChI is InChI=1S/C20H21N3O3S/c24-19-6-2-1-5-16(19)17-10-18(22-21-17)20(25)23(11-14-7-9-27-13-14)12-15-4-3-8-26-15/h1-2,5-7,9-10,13,15,24H,3-4,8,11-12H2,(H,21,22). The quantitative estimate of drug-likeness (QED) is 0.681. The number of thiophene rings is 1. The first-order valence-corrected chi connectivity index (χ1v) is 9.91. The second kappa shape index (κ2) is 7.94. The van der Waals surface area contributed by atoms with Crippen LogP contribution in [0, 0.1) is 0 Å². The zero-order chi connectivity index (χ0) is 18.6. The molecule has 1 aliphatic heterocycles. The monoisotopic (exact) mass is 383 g/mol. The molecule has 140 valence electrons. The van der Waals surface area contributed by atoms with Crippen molar-refractivity contribution in [1.29, 1.82) is 0 Å². The van der Waals surface area contributed by atoms with Crippen molar-refractivity contribution in [3.8, 4) is 17.0 Å². The lowest BCUT2D eigenvalue weighted by Gasteiger charge is -2.24. The number of H-pyrrole nitrogens is 1. The van der Waals surface area contributed by atoms with Gasteiger partial charge in [-0.1, -0.05) is 12.1 Å². The molecule has 0 saturated carbocycles. The fraction of sp³-hybridized carbons (Fsp3) is 0.300. The van der Waals surface area contributed by atoms with E-state index in [1.54, 1.807) is 40.5 Å². The van der Waals surface area contributed by atoms with E-state index in [4.69, 9.17) is 4.74 Å². The number of nitrogens with zero attached hydrogens (tertiary/aromatic N) is 2. The molecule has 7 heteroatoms. The van der Waals surface area contributed by atoms with Gasteiger partial charge < -0.3 is 14.7 Å².